The first-order valence-corrected chi connectivity index (χ1v) is 15.3. The van der Waals surface area contributed by atoms with Crippen LogP contribution in [-0.2, 0) is 27.1 Å². The summed E-state index contributed by atoms with van der Waals surface area (Å²) in [7, 11) is 1.27. The summed E-state index contributed by atoms with van der Waals surface area (Å²) in [6, 6.07) is 21.1. The van der Waals surface area contributed by atoms with Gasteiger partial charge in [-0.05, 0) is 67.3 Å². The molecular formula is C37H36O9. The van der Waals surface area contributed by atoms with E-state index in [1.54, 1.807) is 31.2 Å². The lowest BCUT2D eigenvalue weighted by Crippen LogP contribution is -2.11. The van der Waals surface area contributed by atoms with Crippen LogP contribution in [0.1, 0.15) is 48.2 Å². The number of rotatable bonds is 13. The van der Waals surface area contributed by atoms with E-state index in [0.29, 0.717) is 46.6 Å². The third-order valence-corrected chi connectivity index (χ3v) is 7.65. The summed E-state index contributed by atoms with van der Waals surface area (Å²) in [6.45, 7) is 4.66. The standard InChI is InChI=1S/C37H36O9/c1-4-23-20-28(24-10-7-6-8-11-24)30(38)22-33(23)45-19-9-18-44-31-16-13-27-35(40)29-21-25(37(41)42-3)12-15-32(29)46-36(27)26(31)14-17-34(39)43-5-2/h6-8,10-13,15-16,20-22,38H,4-5,9,14,17-19H2,1-3H3. The van der Waals surface area contributed by atoms with Crippen LogP contribution in [0.25, 0.3) is 33.1 Å². The number of hydrogen-bond acceptors (Lipinski definition) is 9. The lowest BCUT2D eigenvalue weighted by atomic mass is 10.00. The zero-order valence-corrected chi connectivity index (χ0v) is 26.1. The number of phenolic OH excluding ortho intramolecular Hbond substituents is 1. The number of carbonyl (C=O) groups is 2. The van der Waals surface area contributed by atoms with E-state index >= 15 is 0 Å². The van der Waals surface area contributed by atoms with Crippen LogP contribution in [0.4, 0.5) is 0 Å². The van der Waals surface area contributed by atoms with Gasteiger partial charge in [-0.3, -0.25) is 9.59 Å². The van der Waals surface area contributed by atoms with Crippen molar-refractivity contribution in [2.24, 2.45) is 0 Å². The number of esters is 2. The second-order valence-electron chi connectivity index (χ2n) is 10.6. The van der Waals surface area contributed by atoms with Crippen molar-refractivity contribution in [3.05, 3.63) is 99.7 Å². The van der Waals surface area contributed by atoms with Gasteiger partial charge in [0.05, 0.1) is 43.3 Å². The first kappa shape index (κ1) is 32.1. The fraction of sp³-hybridized carbons (Fsp3) is 0.270. The van der Waals surface area contributed by atoms with Crippen LogP contribution >= 0.6 is 0 Å². The van der Waals surface area contributed by atoms with Crippen LogP contribution in [0.5, 0.6) is 17.2 Å². The first-order valence-electron chi connectivity index (χ1n) is 15.3. The van der Waals surface area contributed by atoms with Gasteiger partial charge in [0.15, 0.2) is 0 Å². The normalized spacial score (nSPS) is 11.0. The predicted octanol–water partition coefficient (Wildman–Crippen LogP) is 7.01. The molecule has 0 aliphatic carbocycles. The summed E-state index contributed by atoms with van der Waals surface area (Å²) in [5, 5.41) is 11.2. The predicted molar refractivity (Wildman–Crippen MR) is 175 cm³/mol. The maximum absolute atomic E-state index is 13.5. The van der Waals surface area contributed by atoms with Gasteiger partial charge in [0.25, 0.3) is 0 Å². The maximum atomic E-state index is 13.5. The molecule has 0 aliphatic rings. The van der Waals surface area contributed by atoms with E-state index in [-0.39, 0.29) is 54.2 Å². The summed E-state index contributed by atoms with van der Waals surface area (Å²) in [4.78, 5) is 37.8. The van der Waals surface area contributed by atoms with E-state index in [4.69, 9.17) is 23.4 Å². The molecule has 9 heteroatoms. The quantitative estimate of drug-likeness (QED) is 0.0837. The third-order valence-electron chi connectivity index (χ3n) is 7.65. The van der Waals surface area contributed by atoms with Gasteiger partial charge in [0.1, 0.15) is 28.4 Å². The van der Waals surface area contributed by atoms with Crippen molar-refractivity contribution in [3.63, 3.8) is 0 Å². The highest BCUT2D eigenvalue weighted by Gasteiger charge is 2.19. The van der Waals surface area contributed by atoms with Gasteiger partial charge in [-0.25, -0.2) is 4.79 Å². The molecule has 46 heavy (non-hydrogen) atoms. The van der Waals surface area contributed by atoms with Gasteiger partial charge in [-0.2, -0.15) is 0 Å². The molecule has 1 aromatic heterocycles. The van der Waals surface area contributed by atoms with Crippen LogP contribution in [-0.4, -0.2) is 44.0 Å². The average Bonchev–Trinajstić information content (AvgIpc) is 3.07. The van der Waals surface area contributed by atoms with Crippen molar-refractivity contribution in [1.82, 2.24) is 0 Å². The van der Waals surface area contributed by atoms with Crippen molar-refractivity contribution < 1.29 is 38.1 Å². The molecule has 0 amide bonds. The number of methoxy groups -OCH3 is 1. The van der Waals surface area contributed by atoms with Crippen molar-refractivity contribution in [1.29, 1.82) is 0 Å². The zero-order chi connectivity index (χ0) is 32.6. The Bertz CT molecular complexity index is 1930. The highest BCUT2D eigenvalue weighted by molar-refractivity contribution is 5.97. The van der Waals surface area contributed by atoms with Gasteiger partial charge in [0.2, 0.25) is 5.43 Å². The van der Waals surface area contributed by atoms with E-state index < -0.39 is 5.97 Å². The molecular weight excluding hydrogens is 588 g/mol. The van der Waals surface area contributed by atoms with Gasteiger partial charge < -0.3 is 28.5 Å². The maximum Gasteiger partial charge on any atom is 0.337 e. The Morgan fingerprint density at radius 2 is 1.63 bits per heavy atom. The number of carbonyl (C=O) groups excluding carboxylic acids is 2. The molecule has 1 heterocycles. The summed E-state index contributed by atoms with van der Waals surface area (Å²) in [5.74, 6) is 0.302. The Labute approximate surface area is 266 Å². The molecule has 0 aliphatic heterocycles. The Kier molecular flexibility index (Phi) is 10.2. The molecule has 238 valence electrons. The van der Waals surface area contributed by atoms with Crippen molar-refractivity contribution >= 4 is 33.9 Å². The van der Waals surface area contributed by atoms with Crippen molar-refractivity contribution in [2.45, 2.75) is 39.5 Å². The Morgan fingerprint density at radius 1 is 0.870 bits per heavy atom. The fourth-order valence-corrected chi connectivity index (χ4v) is 5.33. The largest absolute Gasteiger partial charge is 0.507 e. The minimum absolute atomic E-state index is 0.0672. The molecule has 1 N–H and O–H groups in total. The minimum atomic E-state index is -0.559. The fourth-order valence-electron chi connectivity index (χ4n) is 5.33. The SMILES string of the molecule is CCOC(=O)CCc1c(OCCCOc2cc(O)c(-c3ccccc3)cc2CC)ccc2c(=O)c3cc(C(=O)OC)ccc3oc12. The second kappa shape index (κ2) is 14.6. The van der Waals surface area contributed by atoms with Gasteiger partial charge in [-0.15, -0.1) is 0 Å². The molecule has 5 rings (SSSR count). The molecule has 4 aromatic carbocycles. The van der Waals surface area contributed by atoms with Gasteiger partial charge in [0, 0.05) is 30.0 Å². The van der Waals surface area contributed by atoms with Crippen LogP contribution in [0.2, 0.25) is 0 Å². The smallest absolute Gasteiger partial charge is 0.337 e. The van der Waals surface area contributed by atoms with E-state index in [0.717, 1.165) is 23.1 Å². The van der Waals surface area contributed by atoms with Crippen LogP contribution < -0.4 is 14.9 Å². The molecule has 0 unspecified atom stereocenters. The number of fused-ring (bicyclic) bond motifs is 2. The second-order valence-corrected chi connectivity index (χ2v) is 10.6. The van der Waals surface area contributed by atoms with Gasteiger partial charge >= 0.3 is 11.9 Å². The molecule has 0 atom stereocenters. The highest BCUT2D eigenvalue weighted by atomic mass is 16.5. The highest BCUT2D eigenvalue weighted by Crippen LogP contribution is 2.36. The lowest BCUT2D eigenvalue weighted by Gasteiger charge is -2.16. The lowest BCUT2D eigenvalue weighted by molar-refractivity contribution is -0.143. The molecule has 5 aromatic rings. The number of phenols is 1. The monoisotopic (exact) mass is 624 g/mol. The van der Waals surface area contributed by atoms with Crippen LogP contribution in [0.15, 0.2) is 82.0 Å². The third kappa shape index (κ3) is 6.99. The summed E-state index contributed by atoms with van der Waals surface area (Å²) >= 11 is 0. The first-order chi connectivity index (χ1) is 22.3. The van der Waals surface area contributed by atoms with Crippen LogP contribution in [0.3, 0.4) is 0 Å². The van der Waals surface area contributed by atoms with E-state index in [1.165, 1.54) is 19.2 Å². The summed E-state index contributed by atoms with van der Waals surface area (Å²) < 4.78 is 28.3. The number of benzene rings is 4. The van der Waals surface area contributed by atoms with E-state index in [9.17, 15) is 19.5 Å². The molecule has 0 radical (unpaired) electrons. The summed E-state index contributed by atoms with van der Waals surface area (Å²) in [6.07, 6.45) is 1.55. The average molecular weight is 625 g/mol. The topological polar surface area (TPSA) is 122 Å². The van der Waals surface area contributed by atoms with Gasteiger partial charge in [-0.1, -0.05) is 37.3 Å². The van der Waals surface area contributed by atoms with Crippen LogP contribution in [0, 0.1) is 0 Å². The Balaban J connectivity index is 1.35. The van der Waals surface area contributed by atoms with Crippen molar-refractivity contribution in [3.8, 4) is 28.4 Å². The number of hydrogen-bond donors (Lipinski definition) is 1. The molecule has 0 fully saturated rings. The molecule has 0 spiro atoms. The molecule has 0 saturated heterocycles. The number of aromatic hydroxyl groups is 1. The minimum Gasteiger partial charge on any atom is -0.507 e. The number of aryl methyl sites for hydroxylation is 2. The molecule has 0 saturated carbocycles. The zero-order valence-electron chi connectivity index (χ0n) is 26.1. The van der Waals surface area contributed by atoms with Crippen molar-refractivity contribution in [2.75, 3.05) is 26.9 Å². The van der Waals surface area contributed by atoms with E-state index in [1.807, 2.05) is 43.3 Å². The Morgan fingerprint density at radius 3 is 2.35 bits per heavy atom. The molecule has 9 nitrogen and oxygen atoms in total. The Hall–Kier alpha value is -5.31. The molecule has 0 bridgehead atoms. The number of ether oxygens (including phenoxy) is 4. The van der Waals surface area contributed by atoms with E-state index in [2.05, 4.69) is 0 Å². The summed E-state index contributed by atoms with van der Waals surface area (Å²) in [5.41, 5.74) is 3.75.